The van der Waals surface area contributed by atoms with Crippen molar-refractivity contribution in [3.05, 3.63) is 0 Å². The molecule has 100 valence electrons. The third-order valence-corrected chi connectivity index (χ3v) is 4.94. The smallest absolute Gasteiger partial charge is 0.246 e. The number of nitrogens with one attached hydrogen (secondary N) is 2. The molecule has 2 atom stereocenters. The Morgan fingerprint density at radius 3 is 2.33 bits per heavy atom. The lowest BCUT2D eigenvalue weighted by Gasteiger charge is -2.41. The number of hydrogen-bond acceptors (Lipinski definition) is 2. The summed E-state index contributed by atoms with van der Waals surface area (Å²) in [7, 11) is 0. The zero-order chi connectivity index (χ0) is 12.8. The molecule has 0 spiro atoms. The van der Waals surface area contributed by atoms with E-state index in [0.717, 1.165) is 25.7 Å². The maximum atomic E-state index is 12.3. The van der Waals surface area contributed by atoms with Gasteiger partial charge >= 0.3 is 0 Å². The Morgan fingerprint density at radius 1 is 1.06 bits per heavy atom. The first-order valence-corrected chi connectivity index (χ1v) is 7.24. The first-order chi connectivity index (χ1) is 8.61. The maximum Gasteiger partial charge on any atom is 0.246 e. The largest absolute Gasteiger partial charge is 0.342 e. The normalized spacial score (nSPS) is 38.2. The molecule has 0 bridgehead atoms. The van der Waals surface area contributed by atoms with Crippen LogP contribution in [0.3, 0.4) is 0 Å². The summed E-state index contributed by atoms with van der Waals surface area (Å²) in [5, 5.41) is 6.00. The summed E-state index contributed by atoms with van der Waals surface area (Å²) in [6, 6.07) is -0.287. The molecule has 3 fully saturated rings. The summed E-state index contributed by atoms with van der Waals surface area (Å²) in [6.07, 6.45) is 7.88. The highest BCUT2D eigenvalue weighted by Crippen LogP contribution is 2.41. The summed E-state index contributed by atoms with van der Waals surface area (Å²) < 4.78 is 0. The first kappa shape index (κ1) is 12.0. The molecule has 1 heterocycles. The second kappa shape index (κ2) is 4.25. The topological polar surface area (TPSA) is 58.2 Å². The van der Waals surface area contributed by atoms with Gasteiger partial charge in [0.2, 0.25) is 11.8 Å². The molecule has 3 aliphatic rings. The molecule has 1 aliphatic heterocycles. The zero-order valence-corrected chi connectivity index (χ0v) is 11.0. The van der Waals surface area contributed by atoms with E-state index in [1.54, 1.807) is 0 Å². The fraction of sp³-hybridized carbons (Fsp3) is 0.857. The summed E-state index contributed by atoms with van der Waals surface area (Å²) in [5.41, 5.74) is -0.651. The van der Waals surface area contributed by atoms with Crippen molar-refractivity contribution in [2.45, 2.75) is 63.5 Å². The van der Waals surface area contributed by atoms with Gasteiger partial charge in [0, 0.05) is 0 Å². The van der Waals surface area contributed by atoms with Crippen LogP contribution in [0, 0.1) is 11.8 Å². The molecule has 0 radical (unpaired) electrons. The standard InChI is InChI=1S/C14H22N2O2/c1-14(10-7-8-10)13(18)15-11(12(17)16-14)9-5-3-2-4-6-9/h9-11H,2-8H2,1H3,(H,15,18)(H,16,17). The maximum absolute atomic E-state index is 12.3. The van der Waals surface area contributed by atoms with Gasteiger partial charge in [-0.15, -0.1) is 0 Å². The molecule has 0 aromatic heterocycles. The van der Waals surface area contributed by atoms with E-state index < -0.39 is 5.54 Å². The number of carbonyl (C=O) groups is 2. The molecular formula is C14H22N2O2. The van der Waals surface area contributed by atoms with E-state index in [0.29, 0.717) is 11.8 Å². The number of piperazine rings is 1. The van der Waals surface area contributed by atoms with Crippen LogP contribution in [0.15, 0.2) is 0 Å². The SMILES string of the molecule is CC1(C2CC2)NC(=O)C(C2CCCCC2)NC1=O. The second-order valence-electron chi connectivity index (χ2n) is 6.32. The minimum Gasteiger partial charge on any atom is -0.342 e. The Morgan fingerprint density at radius 2 is 1.72 bits per heavy atom. The lowest BCUT2D eigenvalue weighted by atomic mass is 9.80. The van der Waals surface area contributed by atoms with E-state index in [-0.39, 0.29) is 17.9 Å². The summed E-state index contributed by atoms with van der Waals surface area (Å²) >= 11 is 0. The van der Waals surface area contributed by atoms with Crippen LogP contribution in [0.25, 0.3) is 0 Å². The van der Waals surface area contributed by atoms with Gasteiger partial charge in [-0.3, -0.25) is 9.59 Å². The van der Waals surface area contributed by atoms with Crippen molar-refractivity contribution in [2.24, 2.45) is 11.8 Å². The Kier molecular flexibility index (Phi) is 2.83. The highest BCUT2D eigenvalue weighted by atomic mass is 16.2. The average Bonchev–Trinajstić information content (AvgIpc) is 3.19. The van der Waals surface area contributed by atoms with Crippen molar-refractivity contribution >= 4 is 11.8 Å². The predicted octanol–water partition coefficient (Wildman–Crippen LogP) is 1.35. The van der Waals surface area contributed by atoms with Crippen LogP contribution < -0.4 is 10.6 Å². The van der Waals surface area contributed by atoms with E-state index in [9.17, 15) is 9.59 Å². The van der Waals surface area contributed by atoms with Gasteiger partial charge in [-0.2, -0.15) is 0 Å². The van der Waals surface area contributed by atoms with Crippen molar-refractivity contribution in [3.8, 4) is 0 Å². The van der Waals surface area contributed by atoms with E-state index in [1.807, 2.05) is 6.92 Å². The average molecular weight is 250 g/mol. The number of hydrogen-bond donors (Lipinski definition) is 2. The fourth-order valence-electron chi connectivity index (χ4n) is 3.49. The number of carbonyl (C=O) groups excluding carboxylic acids is 2. The first-order valence-electron chi connectivity index (χ1n) is 7.24. The lowest BCUT2D eigenvalue weighted by Crippen LogP contribution is -2.70. The van der Waals surface area contributed by atoms with Gasteiger partial charge in [-0.25, -0.2) is 0 Å². The van der Waals surface area contributed by atoms with E-state index in [4.69, 9.17) is 0 Å². The molecule has 2 unspecified atom stereocenters. The molecule has 2 amide bonds. The van der Waals surface area contributed by atoms with Crippen LogP contribution >= 0.6 is 0 Å². The van der Waals surface area contributed by atoms with Gasteiger partial charge in [-0.1, -0.05) is 19.3 Å². The minimum absolute atomic E-state index is 0.0279. The van der Waals surface area contributed by atoms with Gasteiger partial charge in [0.05, 0.1) is 0 Å². The molecule has 2 aliphatic carbocycles. The number of rotatable bonds is 2. The lowest BCUT2D eigenvalue weighted by molar-refractivity contribution is -0.143. The molecule has 0 aromatic rings. The monoisotopic (exact) mass is 250 g/mol. The van der Waals surface area contributed by atoms with Crippen LogP contribution in [0.1, 0.15) is 51.9 Å². The highest BCUT2D eigenvalue weighted by Gasteiger charge is 2.53. The molecule has 2 saturated carbocycles. The van der Waals surface area contributed by atoms with Crippen molar-refractivity contribution in [2.75, 3.05) is 0 Å². The van der Waals surface area contributed by atoms with Crippen molar-refractivity contribution in [1.29, 1.82) is 0 Å². The van der Waals surface area contributed by atoms with Crippen molar-refractivity contribution < 1.29 is 9.59 Å². The molecule has 4 nitrogen and oxygen atoms in total. The Bertz CT molecular complexity index is 372. The Hall–Kier alpha value is -1.06. The third kappa shape index (κ3) is 1.91. The minimum atomic E-state index is -0.651. The van der Waals surface area contributed by atoms with Crippen LogP contribution in [0.5, 0.6) is 0 Å². The van der Waals surface area contributed by atoms with Gasteiger partial charge in [0.25, 0.3) is 0 Å². The second-order valence-corrected chi connectivity index (χ2v) is 6.32. The molecule has 18 heavy (non-hydrogen) atoms. The van der Waals surface area contributed by atoms with Crippen molar-refractivity contribution in [1.82, 2.24) is 10.6 Å². The molecule has 4 heteroatoms. The van der Waals surface area contributed by atoms with Crippen LogP contribution in [-0.4, -0.2) is 23.4 Å². The van der Waals surface area contributed by atoms with Crippen LogP contribution in [0.4, 0.5) is 0 Å². The summed E-state index contributed by atoms with van der Waals surface area (Å²) in [4.78, 5) is 24.5. The van der Waals surface area contributed by atoms with Gasteiger partial charge in [-0.05, 0) is 44.4 Å². The quantitative estimate of drug-likeness (QED) is 0.777. The van der Waals surface area contributed by atoms with Crippen LogP contribution in [0.2, 0.25) is 0 Å². The highest BCUT2D eigenvalue weighted by molar-refractivity contribution is 6.00. The fourth-order valence-corrected chi connectivity index (χ4v) is 3.49. The van der Waals surface area contributed by atoms with Gasteiger partial charge < -0.3 is 10.6 Å². The van der Waals surface area contributed by atoms with E-state index in [1.165, 1.54) is 19.3 Å². The van der Waals surface area contributed by atoms with Crippen LogP contribution in [-0.2, 0) is 9.59 Å². The van der Waals surface area contributed by atoms with Gasteiger partial charge in [0.15, 0.2) is 0 Å². The molecule has 3 rings (SSSR count). The number of amides is 2. The van der Waals surface area contributed by atoms with Crippen molar-refractivity contribution in [3.63, 3.8) is 0 Å². The Balaban J connectivity index is 1.72. The molecule has 0 aromatic carbocycles. The van der Waals surface area contributed by atoms with E-state index >= 15 is 0 Å². The summed E-state index contributed by atoms with van der Waals surface area (Å²) in [6.45, 7) is 1.87. The zero-order valence-electron chi connectivity index (χ0n) is 11.0. The Labute approximate surface area is 108 Å². The molecule has 2 N–H and O–H groups in total. The summed E-state index contributed by atoms with van der Waals surface area (Å²) in [5.74, 6) is 0.747. The third-order valence-electron chi connectivity index (χ3n) is 4.94. The predicted molar refractivity (Wildman–Crippen MR) is 67.8 cm³/mol. The van der Waals surface area contributed by atoms with Gasteiger partial charge in [0.1, 0.15) is 11.6 Å². The van der Waals surface area contributed by atoms with E-state index in [2.05, 4.69) is 10.6 Å². The molecule has 1 saturated heterocycles. The molecular weight excluding hydrogens is 228 g/mol.